The number of thioether (sulfide) groups is 1. The molecule has 0 atom stereocenters. The SMILES string of the molecule is CCCC(CS)(CCC)CSc1cccc(OC)c1. The number of benzene rings is 1. The molecule has 0 aromatic heterocycles. The van der Waals surface area contributed by atoms with Crippen LogP contribution in [0, 0.1) is 5.41 Å². The van der Waals surface area contributed by atoms with Gasteiger partial charge in [-0.05, 0) is 42.2 Å². The van der Waals surface area contributed by atoms with E-state index in [1.54, 1.807) is 7.11 Å². The summed E-state index contributed by atoms with van der Waals surface area (Å²) >= 11 is 6.55. The van der Waals surface area contributed by atoms with E-state index in [0.717, 1.165) is 17.3 Å². The van der Waals surface area contributed by atoms with Crippen LogP contribution >= 0.6 is 24.4 Å². The van der Waals surface area contributed by atoms with E-state index in [1.807, 2.05) is 17.8 Å². The zero-order chi connectivity index (χ0) is 14.1. The van der Waals surface area contributed by atoms with Crippen molar-refractivity contribution in [3.63, 3.8) is 0 Å². The van der Waals surface area contributed by atoms with Gasteiger partial charge >= 0.3 is 0 Å². The van der Waals surface area contributed by atoms with Crippen molar-refractivity contribution in [2.75, 3.05) is 18.6 Å². The third kappa shape index (κ3) is 5.31. The Hall–Kier alpha value is -0.280. The molecular formula is C16H26OS2. The lowest BCUT2D eigenvalue weighted by atomic mass is 9.83. The van der Waals surface area contributed by atoms with Gasteiger partial charge in [-0.2, -0.15) is 12.6 Å². The second kappa shape index (κ2) is 8.80. The minimum absolute atomic E-state index is 0.375. The van der Waals surface area contributed by atoms with Crippen molar-refractivity contribution in [1.82, 2.24) is 0 Å². The molecule has 0 unspecified atom stereocenters. The molecule has 1 aromatic carbocycles. The highest BCUT2D eigenvalue weighted by Crippen LogP contribution is 2.37. The zero-order valence-corrected chi connectivity index (χ0v) is 14.0. The second-order valence-electron chi connectivity index (χ2n) is 5.13. The number of rotatable bonds is 9. The third-order valence-corrected chi connectivity index (χ3v) is 5.50. The topological polar surface area (TPSA) is 9.23 Å². The van der Waals surface area contributed by atoms with E-state index in [9.17, 15) is 0 Å². The first kappa shape index (κ1) is 16.8. The number of hydrogen-bond acceptors (Lipinski definition) is 3. The van der Waals surface area contributed by atoms with Crippen molar-refractivity contribution < 1.29 is 4.74 Å². The fraction of sp³-hybridized carbons (Fsp3) is 0.625. The summed E-state index contributed by atoms with van der Waals surface area (Å²) in [5.41, 5.74) is 0.375. The Balaban J connectivity index is 2.68. The fourth-order valence-corrected chi connectivity index (χ4v) is 4.28. The molecule has 0 aliphatic carbocycles. The van der Waals surface area contributed by atoms with E-state index in [4.69, 9.17) is 4.74 Å². The summed E-state index contributed by atoms with van der Waals surface area (Å²) in [6.45, 7) is 4.54. The van der Waals surface area contributed by atoms with Crippen LogP contribution in [0.25, 0.3) is 0 Å². The largest absolute Gasteiger partial charge is 0.497 e. The summed E-state index contributed by atoms with van der Waals surface area (Å²) < 4.78 is 5.28. The van der Waals surface area contributed by atoms with Crippen LogP contribution in [0.2, 0.25) is 0 Å². The predicted molar refractivity (Wildman–Crippen MR) is 89.8 cm³/mol. The highest BCUT2D eigenvalue weighted by atomic mass is 32.2. The molecule has 0 spiro atoms. The molecule has 0 fully saturated rings. The predicted octanol–water partition coefficient (Wildman–Crippen LogP) is 5.30. The minimum atomic E-state index is 0.375. The molecule has 108 valence electrons. The monoisotopic (exact) mass is 298 g/mol. The van der Waals surface area contributed by atoms with Crippen LogP contribution in [-0.2, 0) is 0 Å². The first-order chi connectivity index (χ1) is 9.19. The van der Waals surface area contributed by atoms with Gasteiger partial charge in [0.05, 0.1) is 7.11 Å². The first-order valence-corrected chi connectivity index (χ1v) is 8.69. The van der Waals surface area contributed by atoms with Crippen molar-refractivity contribution >= 4 is 24.4 Å². The average Bonchev–Trinajstić information content (AvgIpc) is 2.45. The summed E-state index contributed by atoms with van der Waals surface area (Å²) in [6.07, 6.45) is 5.00. The van der Waals surface area contributed by atoms with E-state index in [2.05, 4.69) is 44.7 Å². The minimum Gasteiger partial charge on any atom is -0.497 e. The van der Waals surface area contributed by atoms with Crippen molar-refractivity contribution in [3.05, 3.63) is 24.3 Å². The molecule has 0 bridgehead atoms. The lowest BCUT2D eigenvalue weighted by molar-refractivity contribution is 0.318. The Labute approximate surface area is 127 Å². The quantitative estimate of drug-likeness (QED) is 0.489. The molecule has 0 N–H and O–H groups in total. The molecule has 0 heterocycles. The Kier molecular flexibility index (Phi) is 7.77. The van der Waals surface area contributed by atoms with Gasteiger partial charge in [-0.3, -0.25) is 0 Å². The maximum atomic E-state index is 5.28. The number of ether oxygens (including phenoxy) is 1. The van der Waals surface area contributed by atoms with Gasteiger partial charge in [0.15, 0.2) is 0 Å². The molecule has 0 amide bonds. The lowest BCUT2D eigenvalue weighted by Gasteiger charge is -2.31. The van der Waals surface area contributed by atoms with Crippen LogP contribution in [0.3, 0.4) is 0 Å². The Morgan fingerprint density at radius 2 is 1.89 bits per heavy atom. The maximum absolute atomic E-state index is 5.28. The van der Waals surface area contributed by atoms with Gasteiger partial charge in [-0.15, -0.1) is 11.8 Å². The molecule has 0 aliphatic heterocycles. The zero-order valence-electron chi connectivity index (χ0n) is 12.3. The van der Waals surface area contributed by atoms with Gasteiger partial charge in [0.25, 0.3) is 0 Å². The molecular weight excluding hydrogens is 272 g/mol. The van der Waals surface area contributed by atoms with Gasteiger partial charge in [-0.25, -0.2) is 0 Å². The van der Waals surface area contributed by atoms with Crippen LogP contribution < -0.4 is 4.74 Å². The maximum Gasteiger partial charge on any atom is 0.119 e. The van der Waals surface area contributed by atoms with Gasteiger partial charge in [0.2, 0.25) is 0 Å². The highest BCUT2D eigenvalue weighted by Gasteiger charge is 2.26. The van der Waals surface area contributed by atoms with Gasteiger partial charge in [-0.1, -0.05) is 32.8 Å². The van der Waals surface area contributed by atoms with Gasteiger partial charge < -0.3 is 4.74 Å². The Morgan fingerprint density at radius 3 is 2.42 bits per heavy atom. The number of methoxy groups -OCH3 is 1. The third-order valence-electron chi connectivity index (χ3n) is 3.48. The van der Waals surface area contributed by atoms with E-state index in [-0.39, 0.29) is 0 Å². The summed E-state index contributed by atoms with van der Waals surface area (Å²) in [7, 11) is 1.72. The lowest BCUT2D eigenvalue weighted by Crippen LogP contribution is -2.25. The standard InChI is InChI=1S/C16H26OS2/c1-4-9-16(12-18,10-5-2)13-19-15-8-6-7-14(11-15)17-3/h6-8,11,18H,4-5,9-10,12-13H2,1-3H3. The molecule has 0 radical (unpaired) electrons. The van der Waals surface area contributed by atoms with E-state index >= 15 is 0 Å². The first-order valence-electron chi connectivity index (χ1n) is 7.07. The molecule has 0 aliphatic rings. The fourth-order valence-electron chi connectivity index (χ4n) is 2.46. The molecule has 3 heteroatoms. The van der Waals surface area contributed by atoms with Crippen molar-refractivity contribution in [3.8, 4) is 5.75 Å². The molecule has 19 heavy (non-hydrogen) atoms. The Bertz CT molecular complexity index is 360. The summed E-state index contributed by atoms with van der Waals surface area (Å²) in [5.74, 6) is 3.06. The van der Waals surface area contributed by atoms with Crippen LogP contribution in [-0.4, -0.2) is 18.6 Å². The molecule has 0 saturated carbocycles. The van der Waals surface area contributed by atoms with E-state index in [0.29, 0.717) is 5.41 Å². The second-order valence-corrected chi connectivity index (χ2v) is 6.49. The van der Waals surface area contributed by atoms with Crippen molar-refractivity contribution in [2.24, 2.45) is 5.41 Å². The molecule has 0 saturated heterocycles. The Morgan fingerprint density at radius 1 is 1.21 bits per heavy atom. The number of thiol groups is 1. The van der Waals surface area contributed by atoms with E-state index in [1.165, 1.54) is 30.6 Å². The number of hydrogen-bond donors (Lipinski definition) is 1. The summed E-state index contributed by atoms with van der Waals surface area (Å²) in [6, 6.07) is 8.33. The van der Waals surface area contributed by atoms with Crippen LogP contribution in [0.15, 0.2) is 29.2 Å². The average molecular weight is 299 g/mol. The van der Waals surface area contributed by atoms with Crippen molar-refractivity contribution in [2.45, 2.75) is 44.4 Å². The molecule has 1 nitrogen and oxygen atoms in total. The highest BCUT2D eigenvalue weighted by molar-refractivity contribution is 7.99. The van der Waals surface area contributed by atoms with Crippen LogP contribution in [0.1, 0.15) is 39.5 Å². The molecule has 1 aromatic rings. The normalized spacial score (nSPS) is 11.6. The van der Waals surface area contributed by atoms with Crippen LogP contribution in [0.5, 0.6) is 5.75 Å². The van der Waals surface area contributed by atoms with Gasteiger partial charge in [0.1, 0.15) is 5.75 Å². The molecule has 1 rings (SSSR count). The summed E-state index contributed by atoms with van der Waals surface area (Å²) in [5, 5.41) is 0. The van der Waals surface area contributed by atoms with Crippen molar-refractivity contribution in [1.29, 1.82) is 0 Å². The summed E-state index contributed by atoms with van der Waals surface area (Å²) in [4.78, 5) is 1.29. The van der Waals surface area contributed by atoms with Crippen LogP contribution in [0.4, 0.5) is 0 Å². The van der Waals surface area contributed by atoms with E-state index < -0.39 is 0 Å². The van der Waals surface area contributed by atoms with Gasteiger partial charge in [0, 0.05) is 10.6 Å². The smallest absolute Gasteiger partial charge is 0.119 e.